The summed E-state index contributed by atoms with van der Waals surface area (Å²) in [6.45, 7) is 0.541. The molecule has 1 atom stereocenters. The van der Waals surface area contributed by atoms with Crippen LogP contribution in [0.25, 0.3) is 0 Å². The predicted molar refractivity (Wildman–Crippen MR) is 88.6 cm³/mol. The summed E-state index contributed by atoms with van der Waals surface area (Å²) in [5.41, 5.74) is 0.366. The Morgan fingerprint density at radius 2 is 2.08 bits per heavy atom. The molecule has 1 aromatic rings. The number of nitrogens with one attached hydrogen (secondary N) is 2. The van der Waals surface area contributed by atoms with Gasteiger partial charge >= 0.3 is 5.97 Å². The molecule has 0 bridgehead atoms. The first-order valence-electron chi connectivity index (χ1n) is 7.26. The maximum atomic E-state index is 12.1. The zero-order chi connectivity index (χ0) is 17.9. The molecule has 0 fully saturated rings. The van der Waals surface area contributed by atoms with Crippen LogP contribution in [-0.2, 0) is 14.3 Å². The lowest BCUT2D eigenvalue weighted by atomic mass is 10.2. The normalized spacial score (nSPS) is 11.8. The number of hydrogen-bond donors (Lipinski definition) is 4. The number of carbonyl (C=O) groups excluding carboxylic acids is 1. The Hall–Kier alpha value is -1.87. The monoisotopic (exact) mass is 360 g/mol. The molecule has 1 amide bonds. The summed E-state index contributed by atoms with van der Waals surface area (Å²) in [6, 6.07) is 3.67. The minimum absolute atomic E-state index is 0.105. The lowest BCUT2D eigenvalue weighted by molar-refractivity contribution is -0.141. The lowest BCUT2D eigenvalue weighted by Crippen LogP contribution is -2.41. The average Bonchev–Trinajstić information content (AvgIpc) is 2.53. The van der Waals surface area contributed by atoms with Crippen molar-refractivity contribution in [2.75, 3.05) is 38.8 Å². The number of aliphatic carboxylic acids is 1. The molecule has 1 aromatic carbocycles. The maximum absolute atomic E-state index is 12.1. The SMILES string of the molecule is COc1ccc(Cl)cc1NC(=O)C[C@@H](NCCOCCO)C(=O)O. The number of rotatable bonds is 11. The number of ether oxygens (including phenoxy) is 2. The number of aliphatic hydroxyl groups excluding tert-OH is 1. The number of hydrogen-bond acceptors (Lipinski definition) is 6. The van der Waals surface area contributed by atoms with Crippen LogP contribution in [0, 0.1) is 0 Å². The Morgan fingerprint density at radius 1 is 1.33 bits per heavy atom. The van der Waals surface area contributed by atoms with Crippen molar-refractivity contribution >= 4 is 29.2 Å². The van der Waals surface area contributed by atoms with Crippen LogP contribution < -0.4 is 15.4 Å². The number of benzene rings is 1. The highest BCUT2D eigenvalue weighted by Gasteiger charge is 2.21. The van der Waals surface area contributed by atoms with Gasteiger partial charge in [0, 0.05) is 11.6 Å². The number of aliphatic hydroxyl groups is 1. The van der Waals surface area contributed by atoms with Crippen LogP contribution in [0.1, 0.15) is 6.42 Å². The van der Waals surface area contributed by atoms with Gasteiger partial charge in [-0.2, -0.15) is 0 Å². The molecule has 8 nitrogen and oxygen atoms in total. The molecular weight excluding hydrogens is 340 g/mol. The van der Waals surface area contributed by atoms with E-state index in [0.29, 0.717) is 16.5 Å². The van der Waals surface area contributed by atoms with Gasteiger partial charge in [0.1, 0.15) is 11.8 Å². The molecule has 0 aromatic heterocycles. The van der Waals surface area contributed by atoms with Gasteiger partial charge in [0.05, 0.1) is 39.0 Å². The minimum Gasteiger partial charge on any atom is -0.495 e. The van der Waals surface area contributed by atoms with Gasteiger partial charge in [0.25, 0.3) is 0 Å². The Balaban J connectivity index is 2.56. The third-order valence-corrected chi connectivity index (χ3v) is 3.23. The second kappa shape index (κ2) is 10.8. The van der Waals surface area contributed by atoms with E-state index in [-0.39, 0.29) is 32.8 Å². The van der Waals surface area contributed by atoms with Crippen LogP contribution in [0.2, 0.25) is 5.02 Å². The van der Waals surface area contributed by atoms with Gasteiger partial charge in [0.2, 0.25) is 5.91 Å². The van der Waals surface area contributed by atoms with E-state index in [0.717, 1.165) is 0 Å². The highest BCUT2D eigenvalue weighted by molar-refractivity contribution is 6.31. The predicted octanol–water partition coefficient (Wildman–Crippen LogP) is 0.729. The molecule has 0 unspecified atom stereocenters. The fourth-order valence-corrected chi connectivity index (χ4v) is 2.06. The van der Waals surface area contributed by atoms with E-state index in [1.165, 1.54) is 13.2 Å². The number of halogens is 1. The fourth-order valence-electron chi connectivity index (χ4n) is 1.88. The van der Waals surface area contributed by atoms with Gasteiger partial charge in [-0.3, -0.25) is 9.59 Å². The smallest absolute Gasteiger partial charge is 0.321 e. The van der Waals surface area contributed by atoms with Crippen molar-refractivity contribution in [3.05, 3.63) is 23.2 Å². The van der Waals surface area contributed by atoms with E-state index in [4.69, 9.17) is 31.3 Å². The number of anilines is 1. The topological polar surface area (TPSA) is 117 Å². The minimum atomic E-state index is -1.15. The molecule has 0 spiro atoms. The van der Waals surface area contributed by atoms with Crippen molar-refractivity contribution in [2.45, 2.75) is 12.5 Å². The Kier molecular flexibility index (Phi) is 9.10. The van der Waals surface area contributed by atoms with Gasteiger partial charge in [-0.1, -0.05) is 11.6 Å². The van der Waals surface area contributed by atoms with Crippen molar-refractivity contribution in [3.63, 3.8) is 0 Å². The summed E-state index contributed by atoms with van der Waals surface area (Å²) in [4.78, 5) is 23.3. The molecular formula is C15H21ClN2O6. The van der Waals surface area contributed by atoms with E-state index >= 15 is 0 Å². The molecule has 9 heteroatoms. The largest absolute Gasteiger partial charge is 0.495 e. The summed E-state index contributed by atoms with van der Waals surface area (Å²) in [6.07, 6.45) is -0.273. The fraction of sp³-hybridized carbons (Fsp3) is 0.467. The second-order valence-electron chi connectivity index (χ2n) is 4.78. The number of carbonyl (C=O) groups is 2. The molecule has 0 aliphatic rings. The van der Waals surface area contributed by atoms with Crippen LogP contribution in [0.4, 0.5) is 5.69 Å². The zero-order valence-electron chi connectivity index (χ0n) is 13.3. The average molecular weight is 361 g/mol. The second-order valence-corrected chi connectivity index (χ2v) is 5.21. The summed E-state index contributed by atoms with van der Waals surface area (Å²) in [7, 11) is 1.45. The van der Waals surface area contributed by atoms with Gasteiger partial charge in [-0.15, -0.1) is 0 Å². The van der Waals surface area contributed by atoms with E-state index < -0.39 is 17.9 Å². The quantitative estimate of drug-likeness (QED) is 0.430. The maximum Gasteiger partial charge on any atom is 0.321 e. The molecule has 0 aliphatic carbocycles. The van der Waals surface area contributed by atoms with Crippen LogP contribution in [0.15, 0.2) is 18.2 Å². The zero-order valence-corrected chi connectivity index (χ0v) is 14.0. The van der Waals surface area contributed by atoms with Crippen molar-refractivity contribution in [1.29, 1.82) is 0 Å². The highest BCUT2D eigenvalue weighted by atomic mass is 35.5. The Labute approximate surface area is 144 Å². The van der Waals surface area contributed by atoms with E-state index in [9.17, 15) is 9.59 Å². The summed E-state index contributed by atoms with van der Waals surface area (Å²) < 4.78 is 10.1. The summed E-state index contributed by atoms with van der Waals surface area (Å²) in [5, 5.41) is 23.4. The van der Waals surface area contributed by atoms with Crippen molar-refractivity contribution in [3.8, 4) is 5.75 Å². The number of methoxy groups -OCH3 is 1. The molecule has 0 radical (unpaired) electrons. The van der Waals surface area contributed by atoms with Crippen molar-refractivity contribution in [2.24, 2.45) is 0 Å². The van der Waals surface area contributed by atoms with Crippen molar-refractivity contribution < 1.29 is 29.3 Å². The number of carboxylic acids is 1. The standard InChI is InChI=1S/C15H21ClN2O6/c1-23-13-3-2-10(16)8-11(13)18-14(20)9-12(15(21)22)17-4-6-24-7-5-19/h2-3,8,12,17,19H,4-7,9H2,1H3,(H,18,20)(H,21,22)/t12-/m1/s1. The number of carboxylic acid groups (broad SMARTS) is 1. The van der Waals surface area contributed by atoms with Gasteiger partial charge in [0.15, 0.2) is 0 Å². The molecule has 0 aliphatic heterocycles. The molecule has 4 N–H and O–H groups in total. The Bertz CT molecular complexity index is 555. The van der Waals surface area contributed by atoms with E-state index in [1.807, 2.05) is 0 Å². The summed E-state index contributed by atoms with van der Waals surface area (Å²) in [5.74, 6) is -1.22. The van der Waals surface area contributed by atoms with Crippen LogP contribution in [-0.4, -0.2) is 61.6 Å². The van der Waals surface area contributed by atoms with Crippen LogP contribution >= 0.6 is 11.6 Å². The van der Waals surface area contributed by atoms with Crippen LogP contribution in [0.3, 0.4) is 0 Å². The first-order valence-corrected chi connectivity index (χ1v) is 7.64. The van der Waals surface area contributed by atoms with Gasteiger partial charge in [-0.05, 0) is 18.2 Å². The third-order valence-electron chi connectivity index (χ3n) is 3.00. The third kappa shape index (κ3) is 7.14. The first-order chi connectivity index (χ1) is 11.5. The van der Waals surface area contributed by atoms with Gasteiger partial charge in [-0.25, -0.2) is 0 Å². The van der Waals surface area contributed by atoms with E-state index in [2.05, 4.69) is 10.6 Å². The molecule has 0 saturated carbocycles. The first kappa shape index (κ1) is 20.2. The molecule has 134 valence electrons. The van der Waals surface area contributed by atoms with Crippen LogP contribution in [0.5, 0.6) is 5.75 Å². The van der Waals surface area contributed by atoms with E-state index in [1.54, 1.807) is 12.1 Å². The van der Waals surface area contributed by atoms with Gasteiger partial charge < -0.3 is 30.3 Å². The highest BCUT2D eigenvalue weighted by Crippen LogP contribution is 2.27. The molecule has 1 rings (SSSR count). The van der Waals surface area contributed by atoms with Crippen molar-refractivity contribution in [1.82, 2.24) is 5.32 Å². The molecule has 0 heterocycles. The Morgan fingerprint density at radius 3 is 2.71 bits per heavy atom. The summed E-state index contributed by atoms with van der Waals surface area (Å²) >= 11 is 5.88. The molecule has 0 saturated heterocycles. The molecule has 24 heavy (non-hydrogen) atoms. The number of amides is 1. The lowest BCUT2D eigenvalue weighted by Gasteiger charge is -2.15.